The molecule has 0 aliphatic carbocycles. The molecule has 0 radical (unpaired) electrons. The number of rotatable bonds is 0. The molecule has 0 aromatic heterocycles. The van der Waals surface area contributed by atoms with Gasteiger partial charge in [-0.05, 0) is 0 Å². The quantitative estimate of drug-likeness (QED) is 0.361. The van der Waals surface area contributed by atoms with E-state index in [2.05, 4.69) is 0 Å². The Labute approximate surface area is 73.3 Å². The number of carbonyl (C=O) groups is 1. The van der Waals surface area contributed by atoms with Crippen molar-refractivity contribution in [3.8, 4) is 0 Å². The molecule has 0 saturated heterocycles. The molecule has 6 heteroatoms. The van der Waals surface area contributed by atoms with E-state index in [-0.39, 0.29) is 52.4 Å². The van der Waals surface area contributed by atoms with Crippen molar-refractivity contribution in [2.75, 3.05) is 0 Å². The molecule has 0 rings (SSSR count). The molecule has 0 fully saturated rings. The summed E-state index contributed by atoms with van der Waals surface area (Å²) in [5.41, 5.74) is 0. The summed E-state index contributed by atoms with van der Waals surface area (Å²) in [5, 5.41) is 13.9. The van der Waals surface area contributed by atoms with Crippen molar-refractivity contribution in [3.63, 3.8) is 0 Å². The van der Waals surface area contributed by atoms with E-state index in [0.717, 1.165) is 0 Å². The van der Waals surface area contributed by atoms with Gasteiger partial charge in [0.25, 0.3) is 0 Å². The second-order valence-electron chi connectivity index (χ2n) is 0.283. The topological polar surface area (TPSA) is 89.0 Å². The van der Waals surface area contributed by atoms with Gasteiger partial charge in [-0.1, -0.05) is 0 Å². The van der Waals surface area contributed by atoms with Crippen LogP contribution in [0.4, 0.5) is 4.79 Å². The summed E-state index contributed by atoms with van der Waals surface area (Å²) in [6.45, 7) is 0. The van der Waals surface area contributed by atoms with E-state index in [1.165, 1.54) is 0 Å². The van der Waals surface area contributed by atoms with Gasteiger partial charge in [0, 0.05) is 0 Å². The van der Waals surface area contributed by atoms with E-state index in [4.69, 9.17) is 15.0 Å². The third kappa shape index (κ3) is 264. The van der Waals surface area contributed by atoms with E-state index in [9.17, 15) is 0 Å². The van der Waals surface area contributed by atoms with Gasteiger partial charge in [-0.2, -0.15) is 0 Å². The van der Waals surface area contributed by atoms with Crippen LogP contribution in [0.5, 0.6) is 0 Å². The summed E-state index contributed by atoms with van der Waals surface area (Å²) in [6, 6.07) is 0. The molecule has 0 saturated carbocycles. The van der Waals surface area contributed by atoms with Gasteiger partial charge in [-0.25, -0.2) is 4.79 Å². The predicted molar refractivity (Wildman–Crippen MR) is 31.4 cm³/mol. The minimum atomic E-state index is -1.83. The molecule has 0 aromatic rings. The predicted octanol–water partition coefficient (Wildman–Crippen LogP) is -2.43. The Bertz CT molecular complexity index is 34.7. The minimum absolute atomic E-state index is 0. The fraction of sp³-hybridized carbons (Fsp3) is 0. The van der Waals surface area contributed by atoms with Crippen molar-refractivity contribution in [1.29, 1.82) is 0 Å². The second-order valence-corrected chi connectivity index (χ2v) is 0.283. The van der Waals surface area contributed by atoms with Crippen LogP contribution in [0.15, 0.2) is 0 Å². The molecular weight excluding hydrogens is 126 g/mol. The van der Waals surface area contributed by atoms with Gasteiger partial charge in [-0.3, -0.25) is 0 Å². The van der Waals surface area contributed by atoms with Crippen LogP contribution in [-0.2, 0) is 0 Å². The normalized spacial score (nSPS) is 3.43. The average Bonchev–Trinajstić information content (AvgIpc) is 0.811. The van der Waals surface area contributed by atoms with Gasteiger partial charge in [-0.15, -0.1) is 0 Å². The average molecular weight is 134 g/mol. The van der Waals surface area contributed by atoms with Gasteiger partial charge in [0.2, 0.25) is 0 Å². The molecule has 7 heavy (non-hydrogen) atoms. The molecule has 0 atom stereocenters. The van der Waals surface area contributed by atoms with Crippen LogP contribution in [0, 0.1) is 0 Å². The first kappa shape index (κ1) is 25.1. The molecule has 0 aromatic carbocycles. The Morgan fingerprint density at radius 2 is 1.29 bits per heavy atom. The summed E-state index contributed by atoms with van der Waals surface area (Å²) >= 11 is 0. The van der Waals surface area contributed by atoms with Crippen molar-refractivity contribution in [2.24, 2.45) is 0 Å². The van der Waals surface area contributed by atoms with Crippen LogP contribution < -0.4 is 0 Å². The van der Waals surface area contributed by atoms with Gasteiger partial charge < -0.3 is 15.7 Å². The Morgan fingerprint density at radius 1 is 1.29 bits per heavy atom. The molecule has 0 aliphatic rings. The van der Waals surface area contributed by atoms with Crippen molar-refractivity contribution in [2.45, 2.75) is 0 Å². The van der Waals surface area contributed by atoms with Crippen molar-refractivity contribution in [3.05, 3.63) is 0 Å². The Balaban J connectivity index is -0.0000000150. The molecule has 40 valence electrons. The monoisotopic (exact) mass is 134 g/mol. The molecular formula is CH8AlNaO4. The second kappa shape index (κ2) is 15.9. The zero-order valence-electron chi connectivity index (χ0n) is 2.30. The van der Waals surface area contributed by atoms with Crippen LogP contribution in [-0.4, -0.2) is 68.8 Å². The van der Waals surface area contributed by atoms with Gasteiger partial charge in [0.05, 0.1) is 0 Å². The summed E-state index contributed by atoms with van der Waals surface area (Å²) < 4.78 is 0. The van der Waals surface area contributed by atoms with Crippen LogP contribution in [0.2, 0.25) is 0 Å². The fourth-order valence-electron chi connectivity index (χ4n) is 0. The molecule has 4 nitrogen and oxygen atoms in total. The number of hydrogen-bond donors (Lipinski definition) is 2. The maximum atomic E-state index is 8.56. The number of hydrogen-bond acceptors (Lipinski definition) is 1. The zero-order valence-corrected chi connectivity index (χ0v) is 2.30. The number of carboxylic acid groups (broad SMARTS) is 2. The Kier molecular flexibility index (Phi) is 56.8. The molecule has 0 unspecified atom stereocenters. The molecule has 0 spiro atoms. The summed E-state index contributed by atoms with van der Waals surface area (Å²) in [4.78, 5) is 8.56. The molecule has 0 amide bonds. The van der Waals surface area contributed by atoms with E-state index in [1.54, 1.807) is 0 Å². The molecule has 0 aliphatic heterocycles. The van der Waals surface area contributed by atoms with E-state index >= 15 is 0 Å². The van der Waals surface area contributed by atoms with Crippen molar-refractivity contribution in [1.82, 2.24) is 0 Å². The maximum absolute atomic E-state index is 8.56. The molecule has 0 bridgehead atoms. The first-order chi connectivity index (χ1) is 1.73. The van der Waals surface area contributed by atoms with Crippen molar-refractivity contribution >= 4 is 53.1 Å². The van der Waals surface area contributed by atoms with Crippen molar-refractivity contribution < 1.29 is 20.5 Å². The van der Waals surface area contributed by atoms with Crippen LogP contribution >= 0.6 is 0 Å². The van der Waals surface area contributed by atoms with Gasteiger partial charge >= 0.3 is 35.7 Å². The van der Waals surface area contributed by atoms with Crippen LogP contribution in [0.1, 0.15) is 0 Å². The summed E-state index contributed by atoms with van der Waals surface area (Å²) in [6.07, 6.45) is -1.83. The molecule has 4 N–H and O–H groups in total. The van der Waals surface area contributed by atoms with Gasteiger partial charge in [0.15, 0.2) is 17.4 Å². The Morgan fingerprint density at radius 3 is 1.29 bits per heavy atom. The SMILES string of the molecule is O.O=C(O)O.[AlH3].[NaH]. The summed E-state index contributed by atoms with van der Waals surface area (Å²) in [5.74, 6) is 0. The third-order valence-corrected chi connectivity index (χ3v) is 0. The van der Waals surface area contributed by atoms with E-state index in [0.29, 0.717) is 0 Å². The third-order valence-electron chi connectivity index (χ3n) is 0. The van der Waals surface area contributed by atoms with Crippen LogP contribution in [0.25, 0.3) is 0 Å². The zero-order chi connectivity index (χ0) is 3.58. The van der Waals surface area contributed by atoms with E-state index in [1.807, 2.05) is 0 Å². The van der Waals surface area contributed by atoms with Gasteiger partial charge in [0.1, 0.15) is 0 Å². The summed E-state index contributed by atoms with van der Waals surface area (Å²) in [7, 11) is 0. The van der Waals surface area contributed by atoms with E-state index < -0.39 is 6.16 Å². The standard InChI is InChI=1S/CH2O3.Al.Na.H2O.4H/c2-1(3)4;;;;;;;/h(H2,2,3,4);;;1H2;;;;. The first-order valence-corrected chi connectivity index (χ1v) is 0.651. The first-order valence-electron chi connectivity index (χ1n) is 0.651. The fourth-order valence-corrected chi connectivity index (χ4v) is 0. The molecule has 0 heterocycles. The van der Waals surface area contributed by atoms with Crippen LogP contribution in [0.3, 0.4) is 0 Å². The Hall–Kier alpha value is 0.762.